The van der Waals surface area contributed by atoms with Crippen molar-refractivity contribution in [1.29, 1.82) is 0 Å². The molecule has 0 spiro atoms. The van der Waals surface area contributed by atoms with E-state index in [1.807, 2.05) is 0 Å². The van der Waals surface area contributed by atoms with Gasteiger partial charge in [-0.15, -0.1) is 0 Å². The van der Waals surface area contributed by atoms with Gasteiger partial charge in [-0.2, -0.15) is 4.37 Å². The molecule has 1 aliphatic rings. The molecule has 0 radical (unpaired) electrons. The van der Waals surface area contributed by atoms with E-state index in [0.717, 1.165) is 11.7 Å². The number of hydrogen-bond donors (Lipinski definition) is 0. The third-order valence-corrected chi connectivity index (χ3v) is 4.55. The van der Waals surface area contributed by atoms with Crippen LogP contribution in [-0.4, -0.2) is 9.36 Å². The molecule has 1 aliphatic carbocycles. The summed E-state index contributed by atoms with van der Waals surface area (Å²) in [7, 11) is 0. The molecule has 0 atom stereocenters. The van der Waals surface area contributed by atoms with Gasteiger partial charge in [-0.05, 0) is 60.1 Å². The molecule has 0 unspecified atom stereocenters. The fraction of sp³-hybridized carbons (Fsp3) is 0.833. The predicted octanol–water partition coefficient (Wildman–Crippen LogP) is 4.51. The zero-order valence-corrected chi connectivity index (χ0v) is 11.7. The van der Waals surface area contributed by atoms with Crippen molar-refractivity contribution in [2.75, 3.05) is 0 Å². The summed E-state index contributed by atoms with van der Waals surface area (Å²) in [6, 6.07) is 0. The van der Waals surface area contributed by atoms with E-state index in [-0.39, 0.29) is 0 Å². The average Bonchev–Trinajstić information content (AvgIpc) is 2.64. The Balaban J connectivity index is 1.95. The molecule has 0 N–H and O–H groups in total. The van der Waals surface area contributed by atoms with Crippen LogP contribution in [0.5, 0.6) is 0 Å². The molecule has 1 aromatic rings. The first kappa shape index (κ1) is 12.3. The highest BCUT2D eigenvalue weighted by molar-refractivity contribution is 7.10. The van der Waals surface area contributed by atoms with Crippen LogP contribution in [0.3, 0.4) is 0 Å². The van der Waals surface area contributed by atoms with Gasteiger partial charge in [0.2, 0.25) is 4.47 Å². The minimum atomic E-state index is 0.443. The second kappa shape index (κ2) is 4.61. The van der Waals surface area contributed by atoms with Crippen molar-refractivity contribution >= 4 is 23.1 Å². The molecule has 1 aromatic heterocycles. The van der Waals surface area contributed by atoms with Crippen molar-refractivity contribution in [2.24, 2.45) is 11.3 Å². The van der Waals surface area contributed by atoms with Crippen molar-refractivity contribution in [3.63, 3.8) is 0 Å². The van der Waals surface area contributed by atoms with Crippen LogP contribution < -0.4 is 0 Å². The Bertz CT molecular complexity index is 348. The minimum Gasteiger partial charge on any atom is -0.208 e. The van der Waals surface area contributed by atoms with E-state index in [4.69, 9.17) is 11.6 Å². The van der Waals surface area contributed by atoms with Crippen LogP contribution in [0.4, 0.5) is 0 Å². The summed E-state index contributed by atoms with van der Waals surface area (Å²) in [5, 5.41) is 0. The minimum absolute atomic E-state index is 0.443. The number of rotatable bonds is 1. The van der Waals surface area contributed by atoms with E-state index in [1.54, 1.807) is 0 Å². The monoisotopic (exact) mass is 258 g/mol. The van der Waals surface area contributed by atoms with Gasteiger partial charge < -0.3 is 0 Å². The molecule has 0 amide bonds. The van der Waals surface area contributed by atoms with Gasteiger partial charge in [0.1, 0.15) is 5.82 Å². The zero-order chi connectivity index (χ0) is 11.8. The Morgan fingerprint density at radius 1 is 1.19 bits per heavy atom. The van der Waals surface area contributed by atoms with Crippen LogP contribution in [0.25, 0.3) is 0 Å². The van der Waals surface area contributed by atoms with E-state index >= 15 is 0 Å². The fourth-order valence-electron chi connectivity index (χ4n) is 2.60. The highest BCUT2D eigenvalue weighted by Crippen LogP contribution is 2.42. The molecule has 16 heavy (non-hydrogen) atoms. The maximum atomic E-state index is 5.83. The van der Waals surface area contributed by atoms with E-state index in [2.05, 4.69) is 30.1 Å². The number of aromatic nitrogens is 2. The van der Waals surface area contributed by atoms with Crippen LogP contribution in [0.15, 0.2) is 0 Å². The Hall–Kier alpha value is -0.150. The molecule has 0 bridgehead atoms. The first-order valence-corrected chi connectivity index (χ1v) is 7.11. The first-order chi connectivity index (χ1) is 7.47. The van der Waals surface area contributed by atoms with Crippen LogP contribution in [0.2, 0.25) is 4.47 Å². The molecule has 1 saturated carbocycles. The Labute approximate surface area is 107 Å². The SMILES string of the molecule is CC(C)(C)C1CCC(c2nsc(Cl)n2)CC1. The van der Waals surface area contributed by atoms with Gasteiger partial charge in [0, 0.05) is 5.92 Å². The molecule has 1 heterocycles. The van der Waals surface area contributed by atoms with Gasteiger partial charge in [0.25, 0.3) is 0 Å². The lowest BCUT2D eigenvalue weighted by Gasteiger charge is -2.36. The third kappa shape index (κ3) is 2.75. The van der Waals surface area contributed by atoms with Crippen LogP contribution in [-0.2, 0) is 0 Å². The van der Waals surface area contributed by atoms with Crippen LogP contribution in [0, 0.1) is 11.3 Å². The topological polar surface area (TPSA) is 25.8 Å². The highest BCUT2D eigenvalue weighted by atomic mass is 35.5. The molecule has 0 aliphatic heterocycles. The molecular weight excluding hydrogens is 240 g/mol. The average molecular weight is 259 g/mol. The summed E-state index contributed by atoms with van der Waals surface area (Å²) in [5.74, 6) is 2.36. The van der Waals surface area contributed by atoms with Gasteiger partial charge in [-0.1, -0.05) is 20.8 Å². The molecule has 1 fully saturated rings. The fourth-order valence-corrected chi connectivity index (χ4v) is 3.28. The molecule has 4 heteroatoms. The second-order valence-electron chi connectivity index (χ2n) is 5.82. The Kier molecular flexibility index (Phi) is 3.55. The number of halogens is 1. The van der Waals surface area contributed by atoms with Crippen LogP contribution in [0.1, 0.15) is 58.2 Å². The van der Waals surface area contributed by atoms with Crippen molar-refractivity contribution in [3.05, 3.63) is 10.3 Å². The van der Waals surface area contributed by atoms with E-state index in [0.29, 0.717) is 15.8 Å². The standard InChI is InChI=1S/C12H19ClN2S/c1-12(2,3)9-6-4-8(5-7-9)10-14-11(13)16-15-10/h8-9H,4-7H2,1-3H3. The molecule has 90 valence electrons. The Morgan fingerprint density at radius 3 is 2.25 bits per heavy atom. The summed E-state index contributed by atoms with van der Waals surface area (Å²) >= 11 is 7.13. The van der Waals surface area contributed by atoms with Crippen molar-refractivity contribution in [1.82, 2.24) is 9.36 Å². The largest absolute Gasteiger partial charge is 0.208 e. The van der Waals surface area contributed by atoms with Crippen LogP contribution >= 0.6 is 23.1 Å². The lowest BCUT2D eigenvalue weighted by atomic mass is 9.70. The lowest BCUT2D eigenvalue weighted by Crippen LogP contribution is -2.25. The number of hydrogen-bond acceptors (Lipinski definition) is 3. The molecular formula is C12H19ClN2S. The molecule has 0 saturated heterocycles. The Morgan fingerprint density at radius 2 is 1.81 bits per heavy atom. The molecule has 2 rings (SSSR count). The highest BCUT2D eigenvalue weighted by Gasteiger charge is 2.31. The summed E-state index contributed by atoms with van der Waals surface area (Å²) in [5.41, 5.74) is 0.443. The van der Waals surface area contributed by atoms with Gasteiger partial charge in [-0.25, -0.2) is 4.98 Å². The van der Waals surface area contributed by atoms with Gasteiger partial charge in [0.15, 0.2) is 0 Å². The van der Waals surface area contributed by atoms with Crippen molar-refractivity contribution in [3.8, 4) is 0 Å². The zero-order valence-electron chi connectivity index (χ0n) is 10.2. The van der Waals surface area contributed by atoms with Crippen molar-refractivity contribution < 1.29 is 0 Å². The maximum absolute atomic E-state index is 5.83. The summed E-state index contributed by atoms with van der Waals surface area (Å²) in [6.45, 7) is 7.03. The van der Waals surface area contributed by atoms with Gasteiger partial charge in [0.05, 0.1) is 0 Å². The second-order valence-corrected chi connectivity index (χ2v) is 7.15. The normalized spacial score (nSPS) is 27.0. The van der Waals surface area contributed by atoms with E-state index in [9.17, 15) is 0 Å². The summed E-state index contributed by atoms with van der Waals surface area (Å²) < 4.78 is 4.90. The summed E-state index contributed by atoms with van der Waals surface area (Å²) in [6.07, 6.45) is 5.03. The van der Waals surface area contributed by atoms with Gasteiger partial charge >= 0.3 is 0 Å². The first-order valence-electron chi connectivity index (χ1n) is 5.96. The number of nitrogens with zero attached hydrogens (tertiary/aromatic N) is 2. The smallest absolute Gasteiger partial charge is 0.203 e. The predicted molar refractivity (Wildman–Crippen MR) is 69.1 cm³/mol. The maximum Gasteiger partial charge on any atom is 0.203 e. The van der Waals surface area contributed by atoms with E-state index in [1.165, 1.54) is 37.2 Å². The summed E-state index contributed by atoms with van der Waals surface area (Å²) in [4.78, 5) is 4.29. The lowest BCUT2D eigenvalue weighted by molar-refractivity contribution is 0.167. The molecule has 0 aromatic carbocycles. The van der Waals surface area contributed by atoms with E-state index < -0.39 is 0 Å². The quantitative estimate of drug-likeness (QED) is 0.741. The van der Waals surface area contributed by atoms with Crippen molar-refractivity contribution in [2.45, 2.75) is 52.4 Å². The van der Waals surface area contributed by atoms with Gasteiger partial charge in [-0.3, -0.25) is 0 Å². The third-order valence-electron chi connectivity index (χ3n) is 3.73. The molecule has 2 nitrogen and oxygen atoms in total.